The summed E-state index contributed by atoms with van der Waals surface area (Å²) >= 11 is 5.95. The van der Waals surface area contributed by atoms with E-state index in [4.69, 9.17) is 21.1 Å². The van der Waals surface area contributed by atoms with Crippen LogP contribution >= 0.6 is 11.6 Å². The average molecular weight is 376 g/mol. The van der Waals surface area contributed by atoms with Crippen molar-refractivity contribution in [3.63, 3.8) is 0 Å². The zero-order valence-electron chi connectivity index (χ0n) is 15.3. The van der Waals surface area contributed by atoms with Crippen molar-refractivity contribution in [2.45, 2.75) is 39.2 Å². The Kier molecular flexibility index (Phi) is 8.29. The Hall–Kier alpha value is -2.20. The minimum atomic E-state index is -0.515. The third-order valence-corrected chi connectivity index (χ3v) is 4.15. The van der Waals surface area contributed by atoms with Crippen molar-refractivity contribution in [3.05, 3.63) is 59.1 Å². The molecule has 0 fully saturated rings. The van der Waals surface area contributed by atoms with Crippen LogP contribution in [0.5, 0.6) is 11.5 Å². The van der Waals surface area contributed by atoms with Crippen LogP contribution in [-0.4, -0.2) is 25.2 Å². The van der Waals surface area contributed by atoms with Crippen molar-refractivity contribution in [2.75, 3.05) is 13.2 Å². The molecule has 0 radical (unpaired) electrons. The number of aryl methyl sites for hydroxylation is 1. The van der Waals surface area contributed by atoms with E-state index in [1.165, 1.54) is 5.56 Å². The molecule has 0 saturated carbocycles. The molecule has 0 aromatic heterocycles. The van der Waals surface area contributed by atoms with Gasteiger partial charge in [0.05, 0.1) is 6.61 Å². The van der Waals surface area contributed by atoms with Gasteiger partial charge in [0.15, 0.2) is 6.10 Å². The van der Waals surface area contributed by atoms with E-state index in [-0.39, 0.29) is 5.91 Å². The van der Waals surface area contributed by atoms with E-state index in [1.54, 1.807) is 24.3 Å². The molecular formula is C21H26ClNO3. The number of rotatable bonds is 10. The fourth-order valence-electron chi connectivity index (χ4n) is 2.56. The van der Waals surface area contributed by atoms with Crippen molar-refractivity contribution in [1.82, 2.24) is 5.32 Å². The minimum absolute atomic E-state index is 0.0980. The quantitative estimate of drug-likeness (QED) is 0.615. The number of hydrogen-bond donors (Lipinski definition) is 1. The highest BCUT2D eigenvalue weighted by molar-refractivity contribution is 6.30. The Morgan fingerprint density at radius 1 is 1.12 bits per heavy atom. The Bertz CT molecular complexity index is 688. The van der Waals surface area contributed by atoms with E-state index >= 15 is 0 Å². The van der Waals surface area contributed by atoms with Crippen LogP contribution in [0.4, 0.5) is 0 Å². The first kappa shape index (κ1) is 20.1. The largest absolute Gasteiger partial charge is 0.494 e. The molecule has 2 aromatic rings. The molecule has 4 nitrogen and oxygen atoms in total. The van der Waals surface area contributed by atoms with Gasteiger partial charge in [-0.05, 0) is 62.1 Å². The van der Waals surface area contributed by atoms with Gasteiger partial charge in [0.1, 0.15) is 11.5 Å². The van der Waals surface area contributed by atoms with Gasteiger partial charge < -0.3 is 14.8 Å². The maximum Gasteiger partial charge on any atom is 0.261 e. The first-order valence-electron chi connectivity index (χ1n) is 9.04. The number of carbonyl (C=O) groups is 1. The van der Waals surface area contributed by atoms with Crippen LogP contribution in [-0.2, 0) is 11.2 Å². The fraction of sp³-hybridized carbons (Fsp3) is 0.381. The van der Waals surface area contributed by atoms with E-state index in [0.717, 1.165) is 18.6 Å². The van der Waals surface area contributed by atoms with E-state index in [2.05, 4.69) is 17.4 Å². The highest BCUT2D eigenvalue weighted by atomic mass is 35.5. The molecule has 0 aliphatic rings. The summed E-state index contributed by atoms with van der Waals surface area (Å²) in [5.74, 6) is 1.39. The summed E-state index contributed by atoms with van der Waals surface area (Å²) in [6.07, 6.45) is 1.85. The zero-order chi connectivity index (χ0) is 18.8. The van der Waals surface area contributed by atoms with Crippen LogP contribution in [0.25, 0.3) is 0 Å². The molecule has 2 aromatic carbocycles. The second-order valence-electron chi connectivity index (χ2n) is 5.94. The van der Waals surface area contributed by atoms with Gasteiger partial charge in [-0.25, -0.2) is 0 Å². The maximum atomic E-state index is 12.3. The first-order chi connectivity index (χ1) is 12.6. The summed E-state index contributed by atoms with van der Waals surface area (Å²) in [5.41, 5.74) is 1.23. The van der Waals surface area contributed by atoms with Crippen molar-refractivity contribution < 1.29 is 14.3 Å². The van der Waals surface area contributed by atoms with E-state index in [9.17, 15) is 4.79 Å². The molecule has 0 saturated heterocycles. The van der Waals surface area contributed by atoms with Crippen molar-refractivity contribution in [2.24, 2.45) is 0 Å². The number of nitrogens with one attached hydrogen (secondary N) is 1. The summed E-state index contributed by atoms with van der Waals surface area (Å²) < 4.78 is 11.2. The molecule has 1 amide bonds. The molecule has 0 aliphatic carbocycles. The van der Waals surface area contributed by atoms with Crippen LogP contribution < -0.4 is 14.8 Å². The van der Waals surface area contributed by atoms with Crippen molar-refractivity contribution in [3.8, 4) is 11.5 Å². The zero-order valence-corrected chi connectivity index (χ0v) is 16.1. The number of hydrogen-bond acceptors (Lipinski definition) is 3. The number of carbonyl (C=O) groups excluding carboxylic acids is 1. The predicted molar refractivity (Wildman–Crippen MR) is 105 cm³/mol. The van der Waals surface area contributed by atoms with Crippen LogP contribution in [0.2, 0.25) is 5.02 Å². The highest BCUT2D eigenvalue weighted by Gasteiger charge is 2.17. The molecule has 1 N–H and O–H groups in total. The van der Waals surface area contributed by atoms with Gasteiger partial charge in [0.2, 0.25) is 0 Å². The molecule has 26 heavy (non-hydrogen) atoms. The lowest BCUT2D eigenvalue weighted by atomic mass is 10.1. The lowest BCUT2D eigenvalue weighted by Gasteiger charge is -2.17. The van der Waals surface area contributed by atoms with Crippen LogP contribution in [0.15, 0.2) is 48.5 Å². The minimum Gasteiger partial charge on any atom is -0.494 e. The van der Waals surface area contributed by atoms with Gasteiger partial charge in [0.25, 0.3) is 5.91 Å². The Morgan fingerprint density at radius 2 is 1.88 bits per heavy atom. The van der Waals surface area contributed by atoms with E-state index in [1.807, 2.05) is 26.0 Å². The fourth-order valence-corrected chi connectivity index (χ4v) is 2.74. The van der Waals surface area contributed by atoms with Gasteiger partial charge in [-0.1, -0.05) is 36.7 Å². The summed E-state index contributed by atoms with van der Waals surface area (Å²) in [6.45, 7) is 5.17. The summed E-state index contributed by atoms with van der Waals surface area (Å²) in [4.78, 5) is 12.3. The molecule has 1 atom stereocenters. The third-order valence-electron chi connectivity index (χ3n) is 3.91. The lowest BCUT2D eigenvalue weighted by molar-refractivity contribution is -0.128. The lowest BCUT2D eigenvalue weighted by Crippen LogP contribution is -2.38. The SMILES string of the molecule is CCOc1ccc(CCCNC(=O)[C@@H](CC)Oc2cccc(Cl)c2)cc1. The normalized spacial score (nSPS) is 11.7. The summed E-state index contributed by atoms with van der Waals surface area (Å²) in [6, 6.07) is 15.2. The number of benzene rings is 2. The number of halogens is 1. The van der Waals surface area contributed by atoms with Gasteiger partial charge in [0, 0.05) is 11.6 Å². The molecule has 5 heteroatoms. The van der Waals surface area contributed by atoms with Gasteiger partial charge >= 0.3 is 0 Å². The highest BCUT2D eigenvalue weighted by Crippen LogP contribution is 2.19. The number of ether oxygens (including phenoxy) is 2. The van der Waals surface area contributed by atoms with Crippen LogP contribution in [0.3, 0.4) is 0 Å². The molecular weight excluding hydrogens is 350 g/mol. The molecule has 0 heterocycles. The Morgan fingerprint density at radius 3 is 2.54 bits per heavy atom. The first-order valence-corrected chi connectivity index (χ1v) is 9.41. The predicted octanol–water partition coefficient (Wildman–Crippen LogP) is 4.65. The van der Waals surface area contributed by atoms with Gasteiger partial charge in [-0.15, -0.1) is 0 Å². The van der Waals surface area contributed by atoms with Gasteiger partial charge in [-0.3, -0.25) is 4.79 Å². The Labute approximate surface area is 160 Å². The number of amides is 1. The smallest absolute Gasteiger partial charge is 0.261 e. The Balaban J connectivity index is 1.74. The van der Waals surface area contributed by atoms with E-state index in [0.29, 0.717) is 30.3 Å². The summed E-state index contributed by atoms with van der Waals surface area (Å²) in [5, 5.41) is 3.54. The molecule has 0 bridgehead atoms. The van der Waals surface area contributed by atoms with Gasteiger partial charge in [-0.2, -0.15) is 0 Å². The molecule has 0 spiro atoms. The van der Waals surface area contributed by atoms with Crippen molar-refractivity contribution in [1.29, 1.82) is 0 Å². The molecule has 140 valence electrons. The second-order valence-corrected chi connectivity index (χ2v) is 6.38. The topological polar surface area (TPSA) is 47.6 Å². The molecule has 0 unspecified atom stereocenters. The summed E-state index contributed by atoms with van der Waals surface area (Å²) in [7, 11) is 0. The molecule has 2 rings (SSSR count). The van der Waals surface area contributed by atoms with Crippen molar-refractivity contribution >= 4 is 17.5 Å². The van der Waals surface area contributed by atoms with E-state index < -0.39 is 6.10 Å². The third kappa shape index (κ3) is 6.60. The molecule has 0 aliphatic heterocycles. The van der Waals surface area contributed by atoms with Crippen LogP contribution in [0, 0.1) is 0 Å². The average Bonchev–Trinajstić information content (AvgIpc) is 2.64. The van der Waals surface area contributed by atoms with Crippen LogP contribution in [0.1, 0.15) is 32.3 Å². The second kappa shape index (κ2) is 10.7. The monoisotopic (exact) mass is 375 g/mol. The maximum absolute atomic E-state index is 12.3. The standard InChI is InChI=1S/C21H26ClNO3/c1-3-20(26-19-9-5-8-17(22)15-19)21(24)23-14-6-7-16-10-12-18(13-11-16)25-4-2/h5,8-13,15,20H,3-4,6-7,14H2,1-2H3,(H,23,24)/t20-/m1/s1.